The fourth-order valence-electron chi connectivity index (χ4n) is 1.62. The number of rotatable bonds is 10. The molecule has 22 heavy (non-hydrogen) atoms. The van der Waals surface area contributed by atoms with Crippen molar-refractivity contribution in [2.75, 3.05) is 33.7 Å². The summed E-state index contributed by atoms with van der Waals surface area (Å²) in [5.74, 6) is -0.378. The molecule has 0 saturated carbocycles. The Hall–Kier alpha value is -1.11. The van der Waals surface area contributed by atoms with E-state index in [1.807, 2.05) is 0 Å². The molecule has 130 valence electrons. The lowest BCUT2D eigenvalue weighted by Crippen LogP contribution is -2.34. The third kappa shape index (κ3) is 8.36. The highest BCUT2D eigenvalue weighted by molar-refractivity contribution is 7.53. The fraction of sp³-hybridized carbons (Fsp3) is 0.846. The number of esters is 1. The van der Waals surface area contributed by atoms with E-state index in [1.54, 1.807) is 20.8 Å². The molecule has 0 aromatic heterocycles. The van der Waals surface area contributed by atoms with Crippen LogP contribution in [0.15, 0.2) is 0 Å². The van der Waals surface area contributed by atoms with E-state index < -0.39 is 13.7 Å². The predicted molar refractivity (Wildman–Crippen MR) is 80.7 cm³/mol. The monoisotopic (exact) mass is 339 g/mol. The molecule has 0 N–H and O–H groups in total. The number of carbonyl (C=O) groups is 2. The topological polar surface area (TPSA) is 91.4 Å². The maximum atomic E-state index is 12.5. The van der Waals surface area contributed by atoms with Gasteiger partial charge >= 0.3 is 19.7 Å². The zero-order valence-corrected chi connectivity index (χ0v) is 14.8. The van der Waals surface area contributed by atoms with Crippen molar-refractivity contribution in [3.63, 3.8) is 0 Å². The van der Waals surface area contributed by atoms with Crippen LogP contribution in [0, 0.1) is 0 Å². The minimum absolute atomic E-state index is 0.148. The lowest BCUT2D eigenvalue weighted by molar-refractivity contribution is -0.140. The molecule has 0 aromatic rings. The van der Waals surface area contributed by atoms with Crippen LogP contribution in [0.1, 0.15) is 33.6 Å². The van der Waals surface area contributed by atoms with Gasteiger partial charge in [-0.15, -0.1) is 0 Å². The third-order valence-electron chi connectivity index (χ3n) is 2.56. The van der Waals surface area contributed by atoms with Gasteiger partial charge in [0.05, 0.1) is 19.8 Å². The lowest BCUT2D eigenvalue weighted by Gasteiger charge is -2.26. The van der Waals surface area contributed by atoms with Gasteiger partial charge in [-0.05, 0) is 27.2 Å². The summed E-state index contributed by atoms with van der Waals surface area (Å²) in [5, 5.41) is 0. The molecule has 0 spiro atoms. The quantitative estimate of drug-likeness (QED) is 0.446. The van der Waals surface area contributed by atoms with Crippen molar-refractivity contribution in [2.24, 2.45) is 0 Å². The average Bonchev–Trinajstić information content (AvgIpc) is 2.45. The van der Waals surface area contributed by atoms with Crippen molar-refractivity contribution < 1.29 is 32.7 Å². The molecule has 0 aromatic carbocycles. The van der Waals surface area contributed by atoms with Crippen molar-refractivity contribution in [1.29, 1.82) is 0 Å². The Morgan fingerprint density at radius 3 is 2.32 bits per heavy atom. The molecule has 0 aliphatic heterocycles. The molecule has 0 aliphatic carbocycles. The van der Waals surface area contributed by atoms with Crippen molar-refractivity contribution in [3.05, 3.63) is 0 Å². The van der Waals surface area contributed by atoms with Crippen LogP contribution in [0.3, 0.4) is 0 Å². The Labute approximate surface area is 131 Å². The fourth-order valence-corrected chi connectivity index (χ4v) is 3.20. The minimum Gasteiger partial charge on any atom is -0.469 e. The second-order valence-corrected chi connectivity index (χ2v) is 6.81. The SMILES string of the molecule is CCOC(=O)N(CCCC(=O)OC)CP(=O)(OC)OC(C)C. The number of methoxy groups -OCH3 is 1. The van der Waals surface area contributed by atoms with Gasteiger partial charge in [-0.25, -0.2) is 4.79 Å². The number of hydrogen-bond acceptors (Lipinski definition) is 7. The largest absolute Gasteiger partial charge is 0.469 e. The molecule has 0 rings (SSSR count). The molecular formula is C13H26NO7P. The Kier molecular flexibility index (Phi) is 10.1. The van der Waals surface area contributed by atoms with E-state index in [1.165, 1.54) is 19.1 Å². The van der Waals surface area contributed by atoms with Crippen molar-refractivity contribution in [3.8, 4) is 0 Å². The molecular weight excluding hydrogens is 313 g/mol. The van der Waals surface area contributed by atoms with Crippen LogP contribution in [0.2, 0.25) is 0 Å². The van der Waals surface area contributed by atoms with Gasteiger partial charge < -0.3 is 18.5 Å². The smallest absolute Gasteiger partial charge is 0.410 e. The first kappa shape index (κ1) is 20.9. The summed E-state index contributed by atoms with van der Waals surface area (Å²) in [6.07, 6.45) is -0.672. The summed E-state index contributed by atoms with van der Waals surface area (Å²) in [4.78, 5) is 24.3. The maximum absolute atomic E-state index is 12.5. The highest BCUT2D eigenvalue weighted by Gasteiger charge is 2.31. The standard InChI is InChI=1S/C13H26NO7P/c1-6-20-13(16)14(9-7-8-12(15)18-4)10-22(17,19-5)21-11(2)3/h11H,6-10H2,1-5H3. The van der Waals surface area contributed by atoms with Gasteiger partial charge in [0.2, 0.25) is 0 Å². The van der Waals surface area contributed by atoms with Crippen LogP contribution in [-0.4, -0.2) is 56.7 Å². The van der Waals surface area contributed by atoms with E-state index in [2.05, 4.69) is 4.74 Å². The highest BCUT2D eigenvalue weighted by atomic mass is 31.2. The number of amides is 1. The molecule has 0 heterocycles. The number of hydrogen-bond donors (Lipinski definition) is 0. The molecule has 9 heteroatoms. The van der Waals surface area contributed by atoms with Gasteiger partial charge in [0.25, 0.3) is 0 Å². The van der Waals surface area contributed by atoms with Gasteiger partial charge in [-0.1, -0.05) is 0 Å². The van der Waals surface area contributed by atoms with E-state index in [4.69, 9.17) is 13.8 Å². The Balaban J connectivity index is 4.80. The van der Waals surface area contributed by atoms with Gasteiger partial charge in [-0.3, -0.25) is 14.3 Å². The summed E-state index contributed by atoms with van der Waals surface area (Å²) in [6.45, 7) is 5.48. The summed E-state index contributed by atoms with van der Waals surface area (Å²) in [6, 6.07) is 0. The molecule has 0 aliphatic rings. The molecule has 1 atom stereocenters. The van der Waals surface area contributed by atoms with Crippen LogP contribution >= 0.6 is 7.60 Å². The molecule has 8 nitrogen and oxygen atoms in total. The van der Waals surface area contributed by atoms with Crippen molar-refractivity contribution in [2.45, 2.75) is 39.7 Å². The Bertz CT molecular complexity index is 400. The average molecular weight is 339 g/mol. The van der Waals surface area contributed by atoms with Crippen molar-refractivity contribution >= 4 is 19.7 Å². The number of carbonyl (C=O) groups excluding carboxylic acids is 2. The molecule has 1 unspecified atom stereocenters. The van der Waals surface area contributed by atoms with Crippen LogP contribution in [0.25, 0.3) is 0 Å². The zero-order chi connectivity index (χ0) is 17.2. The molecule has 0 bridgehead atoms. The van der Waals surface area contributed by atoms with Gasteiger partial charge in [0.15, 0.2) is 0 Å². The van der Waals surface area contributed by atoms with Gasteiger partial charge in [0.1, 0.15) is 6.29 Å². The van der Waals surface area contributed by atoms with Gasteiger partial charge in [0, 0.05) is 20.1 Å². The Morgan fingerprint density at radius 2 is 1.86 bits per heavy atom. The normalized spacial score (nSPS) is 13.5. The Morgan fingerprint density at radius 1 is 1.23 bits per heavy atom. The van der Waals surface area contributed by atoms with Crippen LogP contribution < -0.4 is 0 Å². The lowest BCUT2D eigenvalue weighted by atomic mass is 10.3. The zero-order valence-electron chi connectivity index (χ0n) is 13.9. The second kappa shape index (κ2) is 10.6. The molecule has 0 fully saturated rings. The summed E-state index contributed by atoms with van der Waals surface area (Å²) >= 11 is 0. The minimum atomic E-state index is -3.45. The van der Waals surface area contributed by atoms with E-state index in [0.717, 1.165) is 0 Å². The van der Waals surface area contributed by atoms with Crippen LogP contribution in [-0.2, 0) is 27.9 Å². The third-order valence-corrected chi connectivity index (χ3v) is 4.54. The maximum Gasteiger partial charge on any atom is 0.410 e. The van der Waals surface area contributed by atoms with Crippen LogP contribution in [0.4, 0.5) is 4.79 Å². The summed E-state index contributed by atoms with van der Waals surface area (Å²) < 4.78 is 32.2. The highest BCUT2D eigenvalue weighted by Crippen LogP contribution is 2.49. The van der Waals surface area contributed by atoms with Crippen LogP contribution in [0.5, 0.6) is 0 Å². The van der Waals surface area contributed by atoms with Gasteiger partial charge in [-0.2, -0.15) is 0 Å². The van der Waals surface area contributed by atoms with E-state index in [0.29, 0.717) is 6.42 Å². The summed E-state index contributed by atoms with van der Waals surface area (Å²) in [7, 11) is -0.894. The molecule has 1 amide bonds. The first-order valence-corrected chi connectivity index (χ1v) is 8.82. The van der Waals surface area contributed by atoms with E-state index in [9.17, 15) is 14.2 Å². The van der Waals surface area contributed by atoms with E-state index >= 15 is 0 Å². The summed E-state index contributed by atoms with van der Waals surface area (Å²) in [5.41, 5.74) is 0. The number of ether oxygens (including phenoxy) is 2. The first-order valence-electron chi connectivity index (χ1n) is 7.09. The number of nitrogens with zero attached hydrogens (tertiary/aromatic N) is 1. The van der Waals surface area contributed by atoms with E-state index in [-0.39, 0.29) is 37.9 Å². The predicted octanol–water partition coefficient (Wildman–Crippen LogP) is 2.62. The molecule has 0 radical (unpaired) electrons. The molecule has 0 saturated heterocycles. The van der Waals surface area contributed by atoms with Crippen molar-refractivity contribution in [1.82, 2.24) is 4.90 Å². The first-order chi connectivity index (χ1) is 10.3. The second-order valence-electron chi connectivity index (χ2n) is 4.73.